The lowest BCUT2D eigenvalue weighted by atomic mass is 10.1. The summed E-state index contributed by atoms with van der Waals surface area (Å²) in [6.45, 7) is 7.77. The number of amides is 3. The van der Waals surface area contributed by atoms with Gasteiger partial charge in [0.15, 0.2) is 0 Å². The second kappa shape index (κ2) is 7.44. The highest BCUT2D eigenvalue weighted by Crippen LogP contribution is 2.19. The van der Waals surface area contributed by atoms with E-state index in [2.05, 4.69) is 10.3 Å². The Kier molecular flexibility index (Phi) is 5.58. The maximum Gasteiger partial charge on any atom is 0.317 e. The van der Waals surface area contributed by atoms with Crippen LogP contribution in [0.25, 0.3) is 0 Å². The van der Waals surface area contributed by atoms with Crippen LogP contribution in [0.4, 0.5) is 4.79 Å². The Bertz CT molecular complexity index is 573. The van der Waals surface area contributed by atoms with Gasteiger partial charge in [-0.15, -0.1) is 0 Å². The van der Waals surface area contributed by atoms with E-state index in [1.807, 2.05) is 37.8 Å². The summed E-state index contributed by atoms with van der Waals surface area (Å²) in [7, 11) is 1.77. The molecule has 1 fully saturated rings. The van der Waals surface area contributed by atoms with E-state index in [0.29, 0.717) is 19.5 Å². The predicted molar refractivity (Wildman–Crippen MR) is 88.8 cm³/mol. The molecule has 126 valence electrons. The number of rotatable bonds is 5. The van der Waals surface area contributed by atoms with Crippen LogP contribution >= 0.6 is 0 Å². The van der Waals surface area contributed by atoms with Gasteiger partial charge in [-0.25, -0.2) is 4.79 Å². The topological polar surface area (TPSA) is 65.5 Å². The summed E-state index contributed by atoms with van der Waals surface area (Å²) < 4.78 is 0. The quantitative estimate of drug-likeness (QED) is 0.900. The second-order valence-electron chi connectivity index (χ2n) is 6.56. The minimum absolute atomic E-state index is 0.116. The molecule has 0 saturated carbocycles. The van der Waals surface area contributed by atoms with Crippen LogP contribution in [0.15, 0.2) is 18.3 Å². The van der Waals surface area contributed by atoms with E-state index in [9.17, 15) is 9.59 Å². The molecular formula is C17H26N4O2. The standard InChI is InChI=1S/C17H26N4O2/c1-12(2)21-11-15(8-16(21)22)9-19-17(23)20(4)10-14-5-6-18-13(3)7-14/h5-7,12,15H,8-11H2,1-4H3,(H,19,23). The lowest BCUT2D eigenvalue weighted by Crippen LogP contribution is -2.40. The molecular weight excluding hydrogens is 292 g/mol. The molecule has 1 aromatic heterocycles. The van der Waals surface area contributed by atoms with Crippen molar-refractivity contribution in [2.45, 2.75) is 39.8 Å². The van der Waals surface area contributed by atoms with Gasteiger partial charge in [-0.1, -0.05) is 0 Å². The van der Waals surface area contributed by atoms with Gasteiger partial charge in [0.05, 0.1) is 0 Å². The number of urea groups is 1. The Hall–Kier alpha value is -2.11. The predicted octanol–water partition coefficient (Wildman–Crippen LogP) is 1.79. The molecule has 1 unspecified atom stereocenters. The molecule has 1 aliphatic rings. The first kappa shape index (κ1) is 17.2. The molecule has 0 radical (unpaired) electrons. The van der Waals surface area contributed by atoms with Crippen molar-refractivity contribution in [3.63, 3.8) is 0 Å². The number of aryl methyl sites for hydroxylation is 1. The molecule has 1 atom stereocenters. The molecule has 2 heterocycles. The van der Waals surface area contributed by atoms with Crippen LogP contribution in [0.2, 0.25) is 0 Å². The summed E-state index contributed by atoms with van der Waals surface area (Å²) in [5.74, 6) is 0.380. The van der Waals surface area contributed by atoms with Crippen LogP contribution in [0.3, 0.4) is 0 Å². The second-order valence-corrected chi connectivity index (χ2v) is 6.56. The van der Waals surface area contributed by atoms with E-state index in [0.717, 1.165) is 17.8 Å². The molecule has 3 amide bonds. The van der Waals surface area contributed by atoms with Crippen molar-refractivity contribution in [2.24, 2.45) is 5.92 Å². The van der Waals surface area contributed by atoms with Gasteiger partial charge in [0.25, 0.3) is 0 Å². The summed E-state index contributed by atoms with van der Waals surface area (Å²) in [4.78, 5) is 31.7. The van der Waals surface area contributed by atoms with Crippen LogP contribution in [-0.2, 0) is 11.3 Å². The van der Waals surface area contributed by atoms with Crippen molar-refractivity contribution in [1.29, 1.82) is 0 Å². The van der Waals surface area contributed by atoms with Gasteiger partial charge in [-0.2, -0.15) is 0 Å². The van der Waals surface area contributed by atoms with Crippen molar-refractivity contribution in [1.82, 2.24) is 20.1 Å². The fourth-order valence-electron chi connectivity index (χ4n) is 2.86. The monoisotopic (exact) mass is 318 g/mol. The van der Waals surface area contributed by atoms with E-state index in [-0.39, 0.29) is 23.9 Å². The minimum atomic E-state index is -0.116. The van der Waals surface area contributed by atoms with E-state index >= 15 is 0 Å². The zero-order valence-corrected chi connectivity index (χ0v) is 14.4. The van der Waals surface area contributed by atoms with Gasteiger partial charge in [0.1, 0.15) is 0 Å². The SMILES string of the molecule is Cc1cc(CN(C)C(=O)NCC2CC(=O)N(C(C)C)C2)ccn1. The molecule has 0 aromatic carbocycles. The average Bonchev–Trinajstić information content (AvgIpc) is 2.86. The van der Waals surface area contributed by atoms with E-state index in [1.54, 1.807) is 18.1 Å². The maximum atomic E-state index is 12.2. The molecule has 0 spiro atoms. The van der Waals surface area contributed by atoms with Crippen molar-refractivity contribution >= 4 is 11.9 Å². The van der Waals surface area contributed by atoms with E-state index < -0.39 is 0 Å². The van der Waals surface area contributed by atoms with Gasteiger partial charge in [-0.3, -0.25) is 9.78 Å². The van der Waals surface area contributed by atoms with Gasteiger partial charge in [0.2, 0.25) is 5.91 Å². The number of nitrogens with one attached hydrogen (secondary N) is 1. The van der Waals surface area contributed by atoms with Crippen molar-refractivity contribution in [3.8, 4) is 0 Å². The molecule has 6 nitrogen and oxygen atoms in total. The molecule has 23 heavy (non-hydrogen) atoms. The average molecular weight is 318 g/mol. The smallest absolute Gasteiger partial charge is 0.317 e. The lowest BCUT2D eigenvalue weighted by Gasteiger charge is -2.22. The molecule has 0 aliphatic carbocycles. The zero-order valence-electron chi connectivity index (χ0n) is 14.4. The molecule has 1 aromatic rings. The highest BCUT2D eigenvalue weighted by Gasteiger charge is 2.31. The number of carbonyl (C=O) groups excluding carboxylic acids is 2. The molecule has 6 heteroatoms. The van der Waals surface area contributed by atoms with Crippen molar-refractivity contribution in [3.05, 3.63) is 29.6 Å². The number of hydrogen-bond donors (Lipinski definition) is 1. The molecule has 1 saturated heterocycles. The van der Waals surface area contributed by atoms with Crippen LogP contribution in [0, 0.1) is 12.8 Å². The molecule has 1 N–H and O–H groups in total. The first-order valence-electron chi connectivity index (χ1n) is 8.06. The Morgan fingerprint density at radius 1 is 1.52 bits per heavy atom. The van der Waals surface area contributed by atoms with Crippen LogP contribution in [0.5, 0.6) is 0 Å². The lowest BCUT2D eigenvalue weighted by molar-refractivity contribution is -0.129. The fraction of sp³-hybridized carbons (Fsp3) is 0.588. The van der Waals surface area contributed by atoms with E-state index in [4.69, 9.17) is 0 Å². The third-order valence-corrected chi connectivity index (χ3v) is 4.13. The number of hydrogen-bond acceptors (Lipinski definition) is 3. The summed E-state index contributed by atoms with van der Waals surface area (Å²) >= 11 is 0. The van der Waals surface area contributed by atoms with E-state index in [1.165, 1.54) is 0 Å². The van der Waals surface area contributed by atoms with Crippen molar-refractivity contribution < 1.29 is 9.59 Å². The first-order chi connectivity index (χ1) is 10.9. The Morgan fingerprint density at radius 2 is 2.26 bits per heavy atom. The fourth-order valence-corrected chi connectivity index (χ4v) is 2.86. The van der Waals surface area contributed by atoms with Crippen LogP contribution < -0.4 is 5.32 Å². The largest absolute Gasteiger partial charge is 0.340 e. The molecule has 2 rings (SSSR count). The summed E-state index contributed by atoms with van der Waals surface area (Å²) in [6.07, 6.45) is 2.27. The summed E-state index contributed by atoms with van der Waals surface area (Å²) in [5.41, 5.74) is 1.99. The summed E-state index contributed by atoms with van der Waals surface area (Å²) in [5, 5.41) is 2.93. The molecule has 0 bridgehead atoms. The minimum Gasteiger partial charge on any atom is -0.340 e. The normalized spacial score (nSPS) is 17.7. The maximum absolute atomic E-state index is 12.2. The van der Waals surface area contributed by atoms with Gasteiger partial charge < -0.3 is 15.1 Å². The van der Waals surface area contributed by atoms with Crippen molar-refractivity contribution in [2.75, 3.05) is 20.1 Å². The number of pyridine rings is 1. The van der Waals surface area contributed by atoms with Crippen LogP contribution in [0.1, 0.15) is 31.5 Å². The Morgan fingerprint density at radius 3 is 2.87 bits per heavy atom. The summed E-state index contributed by atoms with van der Waals surface area (Å²) in [6, 6.07) is 3.99. The van der Waals surface area contributed by atoms with Gasteiger partial charge in [0, 0.05) is 57.0 Å². The third-order valence-electron chi connectivity index (χ3n) is 4.13. The zero-order chi connectivity index (χ0) is 17.0. The first-order valence-corrected chi connectivity index (χ1v) is 8.06. The Balaban J connectivity index is 1.79. The Labute approximate surface area is 137 Å². The van der Waals surface area contributed by atoms with Gasteiger partial charge >= 0.3 is 6.03 Å². The third kappa shape index (κ3) is 4.68. The van der Waals surface area contributed by atoms with Gasteiger partial charge in [-0.05, 0) is 38.5 Å². The highest BCUT2D eigenvalue weighted by atomic mass is 16.2. The number of likely N-dealkylation sites (tertiary alicyclic amines) is 1. The highest BCUT2D eigenvalue weighted by molar-refractivity contribution is 5.79. The van der Waals surface area contributed by atoms with Crippen LogP contribution in [-0.4, -0.2) is 52.9 Å². The number of carbonyl (C=O) groups is 2. The number of nitrogens with zero attached hydrogens (tertiary/aromatic N) is 3. The number of aromatic nitrogens is 1. The molecule has 1 aliphatic heterocycles.